The Labute approximate surface area is 67.7 Å². The summed E-state index contributed by atoms with van der Waals surface area (Å²) in [6.45, 7) is 6.97. The van der Waals surface area contributed by atoms with E-state index in [9.17, 15) is 4.79 Å². The second-order valence-electron chi connectivity index (χ2n) is 3.17. The molecule has 0 atom stereocenters. The molecular weight excluding hydrogens is 144 g/mol. The van der Waals surface area contributed by atoms with Crippen LogP contribution in [0, 0.1) is 0 Å². The Morgan fingerprint density at radius 3 is 2.09 bits per heavy atom. The Hall–Kier alpha value is -0.570. The molecule has 0 aliphatic heterocycles. The van der Waals surface area contributed by atoms with E-state index in [0.29, 0.717) is 0 Å². The van der Waals surface area contributed by atoms with E-state index in [2.05, 4.69) is 0 Å². The number of hydrogen-bond acceptors (Lipinski definition) is 3. The van der Waals surface area contributed by atoms with Crippen LogP contribution in [0.25, 0.3) is 0 Å². The van der Waals surface area contributed by atoms with Gasteiger partial charge in [-0.05, 0) is 27.7 Å². The summed E-state index contributed by atoms with van der Waals surface area (Å²) in [5, 5.41) is 0. The van der Waals surface area contributed by atoms with Gasteiger partial charge in [0.05, 0.1) is 6.10 Å². The van der Waals surface area contributed by atoms with E-state index in [-0.39, 0.29) is 12.1 Å². The number of hydrogen-bond donors (Lipinski definition) is 0. The Bertz CT molecular complexity index is 138. The van der Waals surface area contributed by atoms with E-state index in [1.54, 1.807) is 13.8 Å². The number of carbonyl (C=O) groups is 1. The average Bonchev–Trinajstić information content (AvgIpc) is 1.86. The van der Waals surface area contributed by atoms with Gasteiger partial charge < -0.3 is 9.47 Å². The maximum atomic E-state index is 11.2. The Kier molecular flexibility index (Phi) is 3.52. The van der Waals surface area contributed by atoms with Gasteiger partial charge in [-0.15, -0.1) is 0 Å². The third-order valence-electron chi connectivity index (χ3n) is 1.34. The van der Waals surface area contributed by atoms with E-state index < -0.39 is 5.60 Å². The Balaban J connectivity index is 4.02. The van der Waals surface area contributed by atoms with Crippen molar-refractivity contribution < 1.29 is 14.3 Å². The fourth-order valence-electron chi connectivity index (χ4n) is 0.439. The molecular formula is C8H16O3. The normalized spacial score (nSPS) is 11.8. The number of rotatable bonds is 3. The van der Waals surface area contributed by atoms with Crippen molar-refractivity contribution in [1.82, 2.24) is 0 Å². The highest BCUT2D eigenvalue weighted by atomic mass is 16.6. The molecule has 0 aliphatic carbocycles. The summed E-state index contributed by atoms with van der Waals surface area (Å²) in [6, 6.07) is 0. The highest BCUT2D eigenvalue weighted by molar-refractivity contribution is 5.78. The predicted molar refractivity (Wildman–Crippen MR) is 42.3 cm³/mol. The van der Waals surface area contributed by atoms with Crippen molar-refractivity contribution in [2.45, 2.75) is 39.4 Å². The molecule has 0 rings (SSSR count). The predicted octanol–water partition coefficient (Wildman–Crippen LogP) is 1.36. The van der Waals surface area contributed by atoms with Crippen LogP contribution in [-0.2, 0) is 14.3 Å². The van der Waals surface area contributed by atoms with E-state index in [4.69, 9.17) is 9.47 Å². The topological polar surface area (TPSA) is 35.5 Å². The third-order valence-corrected chi connectivity index (χ3v) is 1.34. The van der Waals surface area contributed by atoms with E-state index >= 15 is 0 Å². The fourth-order valence-corrected chi connectivity index (χ4v) is 0.439. The zero-order chi connectivity index (χ0) is 9.07. The standard InChI is InChI=1S/C8H16O3/c1-6(2)11-7(9)8(3,4)10-5/h6H,1-5H3. The summed E-state index contributed by atoms with van der Waals surface area (Å²) in [7, 11) is 1.49. The highest BCUT2D eigenvalue weighted by Gasteiger charge is 2.29. The van der Waals surface area contributed by atoms with Gasteiger partial charge in [0.25, 0.3) is 0 Å². The van der Waals surface area contributed by atoms with Gasteiger partial charge in [0.1, 0.15) is 0 Å². The molecule has 0 amide bonds. The maximum Gasteiger partial charge on any atom is 0.338 e. The van der Waals surface area contributed by atoms with Gasteiger partial charge in [-0.2, -0.15) is 0 Å². The van der Waals surface area contributed by atoms with Gasteiger partial charge >= 0.3 is 5.97 Å². The molecule has 0 bridgehead atoms. The molecule has 0 aromatic rings. The van der Waals surface area contributed by atoms with Crippen LogP contribution in [0.2, 0.25) is 0 Å². The van der Waals surface area contributed by atoms with Crippen molar-refractivity contribution in [3.63, 3.8) is 0 Å². The molecule has 3 nitrogen and oxygen atoms in total. The molecule has 0 unspecified atom stereocenters. The summed E-state index contributed by atoms with van der Waals surface area (Å²) in [6.07, 6.45) is -0.0862. The monoisotopic (exact) mass is 160 g/mol. The Morgan fingerprint density at radius 2 is 1.82 bits per heavy atom. The lowest BCUT2D eigenvalue weighted by Gasteiger charge is -2.21. The van der Waals surface area contributed by atoms with Crippen molar-refractivity contribution in [2.75, 3.05) is 7.11 Å². The van der Waals surface area contributed by atoms with Crippen LogP contribution in [0.3, 0.4) is 0 Å². The number of esters is 1. The van der Waals surface area contributed by atoms with Crippen molar-refractivity contribution in [1.29, 1.82) is 0 Å². The van der Waals surface area contributed by atoms with Gasteiger partial charge in [0, 0.05) is 7.11 Å². The first-order valence-corrected chi connectivity index (χ1v) is 3.66. The van der Waals surface area contributed by atoms with Crippen LogP contribution in [0.15, 0.2) is 0 Å². The number of carbonyl (C=O) groups excluding carboxylic acids is 1. The van der Waals surface area contributed by atoms with Crippen LogP contribution < -0.4 is 0 Å². The molecule has 0 N–H and O–H groups in total. The summed E-state index contributed by atoms with van der Waals surface area (Å²) >= 11 is 0. The molecule has 11 heavy (non-hydrogen) atoms. The van der Waals surface area contributed by atoms with Gasteiger partial charge in [-0.1, -0.05) is 0 Å². The van der Waals surface area contributed by atoms with Crippen LogP contribution in [0.1, 0.15) is 27.7 Å². The lowest BCUT2D eigenvalue weighted by molar-refractivity contribution is -0.168. The smallest absolute Gasteiger partial charge is 0.338 e. The first-order valence-electron chi connectivity index (χ1n) is 3.66. The second kappa shape index (κ2) is 3.72. The summed E-state index contributed by atoms with van der Waals surface area (Å²) < 4.78 is 9.87. The van der Waals surface area contributed by atoms with Gasteiger partial charge in [0.15, 0.2) is 5.60 Å². The van der Waals surface area contributed by atoms with Gasteiger partial charge in [0.2, 0.25) is 0 Å². The van der Waals surface area contributed by atoms with Crippen LogP contribution in [0.4, 0.5) is 0 Å². The molecule has 0 saturated heterocycles. The molecule has 0 spiro atoms. The van der Waals surface area contributed by atoms with E-state index in [1.165, 1.54) is 7.11 Å². The minimum Gasteiger partial charge on any atom is -0.461 e. The first-order chi connectivity index (χ1) is 4.90. The highest BCUT2D eigenvalue weighted by Crippen LogP contribution is 2.10. The summed E-state index contributed by atoms with van der Waals surface area (Å²) in [5.41, 5.74) is -0.829. The third kappa shape index (κ3) is 3.37. The summed E-state index contributed by atoms with van der Waals surface area (Å²) in [4.78, 5) is 11.2. The zero-order valence-corrected chi connectivity index (χ0v) is 7.80. The first kappa shape index (κ1) is 10.4. The zero-order valence-electron chi connectivity index (χ0n) is 7.80. The lowest BCUT2D eigenvalue weighted by atomic mass is 10.1. The second-order valence-corrected chi connectivity index (χ2v) is 3.17. The van der Waals surface area contributed by atoms with Crippen molar-refractivity contribution in [3.8, 4) is 0 Å². The number of methoxy groups -OCH3 is 1. The minimum atomic E-state index is -0.829. The lowest BCUT2D eigenvalue weighted by Crippen LogP contribution is -2.36. The van der Waals surface area contributed by atoms with E-state index in [1.807, 2.05) is 13.8 Å². The van der Waals surface area contributed by atoms with Crippen molar-refractivity contribution >= 4 is 5.97 Å². The largest absolute Gasteiger partial charge is 0.461 e. The molecule has 0 aromatic carbocycles. The SMILES string of the molecule is COC(C)(C)C(=O)OC(C)C. The Morgan fingerprint density at radius 1 is 1.36 bits per heavy atom. The van der Waals surface area contributed by atoms with Crippen LogP contribution in [-0.4, -0.2) is 24.8 Å². The fraction of sp³-hybridized carbons (Fsp3) is 0.875. The van der Waals surface area contributed by atoms with E-state index in [0.717, 1.165) is 0 Å². The van der Waals surface area contributed by atoms with Gasteiger partial charge in [-0.25, -0.2) is 4.79 Å². The molecule has 3 heteroatoms. The average molecular weight is 160 g/mol. The van der Waals surface area contributed by atoms with Crippen LogP contribution in [0.5, 0.6) is 0 Å². The maximum absolute atomic E-state index is 11.2. The minimum absolute atomic E-state index is 0.0862. The molecule has 0 aliphatic rings. The van der Waals surface area contributed by atoms with Crippen molar-refractivity contribution in [3.05, 3.63) is 0 Å². The quantitative estimate of drug-likeness (QED) is 0.585. The molecule has 0 fully saturated rings. The molecule has 0 heterocycles. The van der Waals surface area contributed by atoms with Crippen LogP contribution >= 0.6 is 0 Å². The van der Waals surface area contributed by atoms with Gasteiger partial charge in [-0.3, -0.25) is 0 Å². The molecule has 0 radical (unpaired) electrons. The molecule has 0 saturated carbocycles. The molecule has 0 aromatic heterocycles. The molecule has 66 valence electrons. The summed E-state index contributed by atoms with van der Waals surface area (Å²) in [5.74, 6) is -0.324. The number of ether oxygens (including phenoxy) is 2. The van der Waals surface area contributed by atoms with Crippen molar-refractivity contribution in [2.24, 2.45) is 0 Å².